The Balaban J connectivity index is 1.97. The van der Waals surface area contributed by atoms with Gasteiger partial charge in [-0.25, -0.2) is 9.97 Å². The highest BCUT2D eigenvalue weighted by Gasteiger charge is 2.16. The van der Waals surface area contributed by atoms with E-state index in [9.17, 15) is 4.79 Å². The second kappa shape index (κ2) is 5.35. The summed E-state index contributed by atoms with van der Waals surface area (Å²) in [5, 5.41) is 11.5. The minimum absolute atomic E-state index is 0.237. The Morgan fingerprint density at radius 1 is 1.35 bits per heavy atom. The smallest absolute Gasteiger partial charge is 0.258 e. The number of carbonyl (C=O) groups is 1. The van der Waals surface area contributed by atoms with Gasteiger partial charge in [-0.3, -0.25) is 4.79 Å². The average Bonchev–Trinajstić information content (AvgIpc) is 3.04. The van der Waals surface area contributed by atoms with Crippen molar-refractivity contribution in [3.63, 3.8) is 0 Å². The summed E-state index contributed by atoms with van der Waals surface area (Å²) in [6.07, 6.45) is 1.64. The molecule has 3 aromatic rings. The molecule has 3 aromatic heterocycles. The predicted molar refractivity (Wildman–Crippen MR) is 84.2 cm³/mol. The van der Waals surface area contributed by atoms with E-state index in [0.29, 0.717) is 27.6 Å². The van der Waals surface area contributed by atoms with Crippen LogP contribution in [0.15, 0.2) is 22.3 Å². The van der Waals surface area contributed by atoms with Crippen LogP contribution >= 0.6 is 34.3 Å². The number of fused-ring (bicyclic) bond motifs is 1. The molecule has 0 aromatic carbocycles. The topological polar surface area (TPSA) is 66.9 Å². The highest BCUT2D eigenvalue weighted by atomic mass is 35.5. The Labute approximate surface area is 127 Å². The number of anilines is 2. The fraction of sp³-hybridized carbons (Fsp3) is 0.0833. The van der Waals surface area contributed by atoms with Crippen LogP contribution in [-0.4, -0.2) is 22.9 Å². The normalized spacial score (nSPS) is 10.7. The number of hydrogen-bond donors (Lipinski definition) is 2. The molecule has 8 heteroatoms. The van der Waals surface area contributed by atoms with Crippen LogP contribution in [0.3, 0.4) is 0 Å². The van der Waals surface area contributed by atoms with Crippen molar-refractivity contribution in [2.45, 2.75) is 0 Å². The summed E-state index contributed by atoms with van der Waals surface area (Å²) < 4.78 is 0. The van der Waals surface area contributed by atoms with E-state index in [1.54, 1.807) is 29.4 Å². The van der Waals surface area contributed by atoms with Crippen molar-refractivity contribution in [3.8, 4) is 0 Å². The predicted octanol–water partition coefficient (Wildman–Crippen LogP) is 3.70. The van der Waals surface area contributed by atoms with E-state index in [-0.39, 0.29) is 5.91 Å². The third-order valence-electron chi connectivity index (χ3n) is 2.65. The van der Waals surface area contributed by atoms with Gasteiger partial charge in [-0.15, -0.1) is 22.7 Å². The van der Waals surface area contributed by atoms with Crippen molar-refractivity contribution in [1.29, 1.82) is 0 Å². The molecule has 20 heavy (non-hydrogen) atoms. The average molecular weight is 325 g/mol. The maximum Gasteiger partial charge on any atom is 0.258 e. The molecule has 0 saturated heterocycles. The van der Waals surface area contributed by atoms with Crippen LogP contribution in [0.1, 0.15) is 10.4 Å². The Bertz CT molecular complexity index is 783. The first-order chi connectivity index (χ1) is 9.69. The molecule has 0 atom stereocenters. The van der Waals surface area contributed by atoms with Gasteiger partial charge < -0.3 is 10.6 Å². The lowest BCUT2D eigenvalue weighted by Gasteiger charge is -2.03. The van der Waals surface area contributed by atoms with Gasteiger partial charge in [0.05, 0.1) is 22.5 Å². The van der Waals surface area contributed by atoms with Gasteiger partial charge in [-0.2, -0.15) is 0 Å². The van der Waals surface area contributed by atoms with Crippen LogP contribution in [0.2, 0.25) is 5.02 Å². The van der Waals surface area contributed by atoms with Crippen LogP contribution in [0.25, 0.3) is 10.3 Å². The van der Waals surface area contributed by atoms with Gasteiger partial charge >= 0.3 is 0 Å². The zero-order valence-electron chi connectivity index (χ0n) is 10.3. The van der Waals surface area contributed by atoms with Gasteiger partial charge in [0, 0.05) is 23.2 Å². The first kappa shape index (κ1) is 13.3. The first-order valence-electron chi connectivity index (χ1n) is 5.64. The standard InChI is InChI=1S/C12H9ClN4OS2/c1-14-9-2-15-12-10(17-9)6(3-20-12)11(18)16-8-5-19-4-7(8)13/h2-5H,1H3,(H,14,17)(H,16,18). The number of amides is 1. The summed E-state index contributed by atoms with van der Waals surface area (Å²) in [7, 11) is 1.76. The van der Waals surface area contributed by atoms with Crippen LogP contribution < -0.4 is 10.6 Å². The largest absolute Gasteiger partial charge is 0.372 e. The quantitative estimate of drug-likeness (QED) is 0.771. The Morgan fingerprint density at radius 2 is 2.20 bits per heavy atom. The molecule has 3 rings (SSSR count). The lowest BCUT2D eigenvalue weighted by molar-refractivity contribution is 0.102. The molecule has 102 valence electrons. The number of thiophene rings is 2. The van der Waals surface area contributed by atoms with Crippen molar-refractivity contribution >= 4 is 62.0 Å². The van der Waals surface area contributed by atoms with E-state index >= 15 is 0 Å². The van der Waals surface area contributed by atoms with E-state index in [1.165, 1.54) is 22.7 Å². The van der Waals surface area contributed by atoms with Crippen molar-refractivity contribution in [2.24, 2.45) is 0 Å². The molecule has 0 spiro atoms. The van der Waals surface area contributed by atoms with Gasteiger partial charge in [0.2, 0.25) is 0 Å². The second-order valence-corrected chi connectivity index (χ2v) is 5.90. The second-order valence-electron chi connectivity index (χ2n) is 3.90. The summed E-state index contributed by atoms with van der Waals surface area (Å²) in [5.41, 5.74) is 1.70. The van der Waals surface area contributed by atoms with Gasteiger partial charge in [0.15, 0.2) is 0 Å². The highest BCUT2D eigenvalue weighted by Crippen LogP contribution is 2.28. The zero-order chi connectivity index (χ0) is 14.1. The number of rotatable bonds is 3. The molecule has 0 aliphatic carbocycles. The number of aromatic nitrogens is 2. The lowest BCUT2D eigenvalue weighted by Crippen LogP contribution is -2.11. The Kier molecular flexibility index (Phi) is 3.56. The number of carbonyl (C=O) groups excluding carboxylic acids is 1. The molecule has 2 N–H and O–H groups in total. The molecule has 5 nitrogen and oxygen atoms in total. The SMILES string of the molecule is CNc1cnc2scc(C(=O)Nc3cscc3Cl)c2n1. The lowest BCUT2D eigenvalue weighted by atomic mass is 10.3. The van der Waals surface area contributed by atoms with Crippen LogP contribution in [-0.2, 0) is 0 Å². The van der Waals surface area contributed by atoms with Crippen molar-refractivity contribution in [2.75, 3.05) is 17.7 Å². The molecular weight excluding hydrogens is 316 g/mol. The molecule has 0 aliphatic rings. The summed E-state index contributed by atoms with van der Waals surface area (Å²) >= 11 is 8.79. The zero-order valence-corrected chi connectivity index (χ0v) is 12.7. The van der Waals surface area contributed by atoms with E-state index in [0.717, 1.165) is 4.83 Å². The fourth-order valence-electron chi connectivity index (χ4n) is 1.65. The number of nitrogens with one attached hydrogen (secondary N) is 2. The third-order valence-corrected chi connectivity index (χ3v) is 4.71. The van der Waals surface area contributed by atoms with E-state index in [4.69, 9.17) is 11.6 Å². The van der Waals surface area contributed by atoms with Gasteiger partial charge in [0.1, 0.15) is 16.2 Å². The van der Waals surface area contributed by atoms with Crippen LogP contribution in [0.4, 0.5) is 11.5 Å². The van der Waals surface area contributed by atoms with E-state index < -0.39 is 0 Å². The molecule has 1 amide bonds. The minimum atomic E-state index is -0.237. The maximum atomic E-state index is 12.3. The van der Waals surface area contributed by atoms with E-state index in [1.807, 2.05) is 0 Å². The molecule has 0 radical (unpaired) electrons. The molecule has 0 unspecified atom stereocenters. The minimum Gasteiger partial charge on any atom is -0.372 e. The highest BCUT2D eigenvalue weighted by molar-refractivity contribution is 7.17. The monoisotopic (exact) mass is 324 g/mol. The summed E-state index contributed by atoms with van der Waals surface area (Å²) in [4.78, 5) is 21.7. The van der Waals surface area contributed by atoms with Crippen molar-refractivity contribution < 1.29 is 4.79 Å². The third kappa shape index (κ3) is 2.35. The Morgan fingerprint density at radius 3 is 2.90 bits per heavy atom. The van der Waals surface area contributed by atoms with Crippen LogP contribution in [0, 0.1) is 0 Å². The molecule has 0 fully saturated rings. The number of hydrogen-bond acceptors (Lipinski definition) is 6. The van der Waals surface area contributed by atoms with Crippen molar-refractivity contribution in [1.82, 2.24) is 9.97 Å². The molecule has 3 heterocycles. The molecular formula is C12H9ClN4OS2. The molecule has 0 saturated carbocycles. The van der Waals surface area contributed by atoms with E-state index in [2.05, 4.69) is 20.6 Å². The fourth-order valence-corrected chi connectivity index (χ4v) is 3.44. The van der Waals surface area contributed by atoms with Gasteiger partial charge in [-0.1, -0.05) is 11.6 Å². The molecule has 0 bridgehead atoms. The van der Waals surface area contributed by atoms with Gasteiger partial charge in [-0.05, 0) is 0 Å². The molecule has 0 aliphatic heterocycles. The first-order valence-corrected chi connectivity index (χ1v) is 7.84. The van der Waals surface area contributed by atoms with Crippen molar-refractivity contribution in [3.05, 3.63) is 32.9 Å². The summed E-state index contributed by atoms with van der Waals surface area (Å²) in [6, 6.07) is 0. The summed E-state index contributed by atoms with van der Waals surface area (Å²) in [5.74, 6) is 0.387. The summed E-state index contributed by atoms with van der Waals surface area (Å²) in [6.45, 7) is 0. The number of halogens is 1. The van der Waals surface area contributed by atoms with Crippen LogP contribution in [0.5, 0.6) is 0 Å². The number of nitrogens with zero attached hydrogens (tertiary/aromatic N) is 2. The maximum absolute atomic E-state index is 12.3. The van der Waals surface area contributed by atoms with Gasteiger partial charge in [0.25, 0.3) is 5.91 Å². The Hall–Kier alpha value is -1.70.